The van der Waals surface area contributed by atoms with Gasteiger partial charge in [-0.05, 0) is 84.7 Å². The van der Waals surface area contributed by atoms with Crippen molar-refractivity contribution in [3.63, 3.8) is 0 Å². The first-order valence-electron chi connectivity index (χ1n) is 16.0. The van der Waals surface area contributed by atoms with Gasteiger partial charge in [-0.25, -0.2) is 0 Å². The van der Waals surface area contributed by atoms with Gasteiger partial charge in [-0.15, -0.1) is 0 Å². The molecule has 3 aliphatic rings. The smallest absolute Gasteiger partial charge is 0.250 e. The number of hydrogen-bond donors (Lipinski definition) is 2. The minimum atomic E-state index is -0.441. The molecule has 4 heterocycles. The van der Waals surface area contributed by atoms with Gasteiger partial charge in [0, 0.05) is 61.6 Å². The second-order valence-electron chi connectivity index (χ2n) is 13.3. The molecule has 45 heavy (non-hydrogen) atoms. The fourth-order valence-corrected chi connectivity index (χ4v) is 7.19. The predicted molar refractivity (Wildman–Crippen MR) is 183 cm³/mol. The van der Waals surface area contributed by atoms with Crippen molar-refractivity contribution in [1.29, 1.82) is 0 Å². The number of carbonyl (C=O) groups excluding carboxylic acids is 1. The largest absolute Gasteiger partial charge is 0.476 e. The first-order valence-corrected chi connectivity index (χ1v) is 16.4. The Morgan fingerprint density at radius 2 is 1.82 bits per heavy atom. The van der Waals surface area contributed by atoms with E-state index >= 15 is 0 Å². The summed E-state index contributed by atoms with van der Waals surface area (Å²) >= 11 is 6.22. The number of benzene rings is 2. The van der Waals surface area contributed by atoms with Crippen LogP contribution < -0.4 is 20.3 Å². The number of allylic oxidation sites excluding steroid dienone is 1. The second-order valence-corrected chi connectivity index (χ2v) is 13.8. The van der Waals surface area contributed by atoms with Crippen molar-refractivity contribution in [2.45, 2.75) is 39.5 Å². The number of amides is 1. The summed E-state index contributed by atoms with van der Waals surface area (Å²) in [7, 11) is 0. The van der Waals surface area contributed by atoms with Crippen molar-refractivity contribution in [1.82, 2.24) is 14.9 Å². The quantitative estimate of drug-likeness (QED) is 0.240. The molecule has 4 aromatic rings. The number of nitrogens with one attached hydrogen (secondary N) is 1. The highest BCUT2D eigenvalue weighted by molar-refractivity contribution is 6.30. The van der Waals surface area contributed by atoms with Crippen LogP contribution in [0.2, 0.25) is 5.02 Å². The molecule has 3 N–H and O–H groups in total. The highest BCUT2D eigenvalue weighted by atomic mass is 35.5. The summed E-state index contributed by atoms with van der Waals surface area (Å²) in [5.74, 6) is 0.124. The number of carbonyl (C=O) groups is 1. The lowest BCUT2D eigenvalue weighted by atomic mass is 9.72. The van der Waals surface area contributed by atoms with Crippen LogP contribution in [0, 0.1) is 5.41 Å². The van der Waals surface area contributed by atoms with E-state index in [-0.39, 0.29) is 0 Å². The molecule has 0 saturated carbocycles. The topological polar surface area (TPSA) is 90.7 Å². The average Bonchev–Trinajstić information content (AvgIpc) is 3.39. The normalized spacial score (nSPS) is 18.9. The van der Waals surface area contributed by atoms with Gasteiger partial charge in [-0.1, -0.05) is 43.2 Å². The number of primary amides is 1. The van der Waals surface area contributed by atoms with Crippen LogP contribution in [0.4, 0.5) is 17.1 Å². The van der Waals surface area contributed by atoms with E-state index in [0.717, 1.165) is 85.1 Å². The molecule has 2 aromatic carbocycles. The minimum absolute atomic E-state index is 0.301. The molecule has 7 rings (SSSR count). The summed E-state index contributed by atoms with van der Waals surface area (Å²) in [5.41, 5.74) is 14.6. The average molecular weight is 625 g/mol. The van der Waals surface area contributed by atoms with Crippen LogP contribution in [0.25, 0.3) is 16.6 Å². The molecule has 2 aliphatic heterocycles. The summed E-state index contributed by atoms with van der Waals surface area (Å²) in [4.78, 5) is 27.7. The van der Waals surface area contributed by atoms with Gasteiger partial charge < -0.3 is 25.3 Å². The number of aromatic nitrogens is 2. The molecule has 1 amide bonds. The number of ether oxygens (including phenoxy) is 1. The van der Waals surface area contributed by atoms with E-state index in [9.17, 15) is 4.79 Å². The molecular formula is C36H41ClN6O2. The molecule has 234 valence electrons. The van der Waals surface area contributed by atoms with Crippen molar-refractivity contribution >= 4 is 51.2 Å². The first-order chi connectivity index (χ1) is 21.7. The highest BCUT2D eigenvalue weighted by Crippen LogP contribution is 2.44. The van der Waals surface area contributed by atoms with Gasteiger partial charge >= 0.3 is 0 Å². The lowest BCUT2D eigenvalue weighted by molar-refractivity contribution is 0.100. The van der Waals surface area contributed by atoms with E-state index in [4.69, 9.17) is 27.1 Å². The number of hydrogen-bond acceptors (Lipinski definition) is 6. The Kier molecular flexibility index (Phi) is 7.96. The van der Waals surface area contributed by atoms with Crippen molar-refractivity contribution in [3.8, 4) is 5.88 Å². The maximum absolute atomic E-state index is 12.7. The third-order valence-corrected chi connectivity index (χ3v) is 9.86. The van der Waals surface area contributed by atoms with Crippen molar-refractivity contribution in [2.24, 2.45) is 11.1 Å². The lowest BCUT2D eigenvalue weighted by Gasteiger charge is -2.39. The molecule has 1 saturated heterocycles. The molecule has 0 radical (unpaired) electrons. The summed E-state index contributed by atoms with van der Waals surface area (Å²) < 4.78 is 6.04. The predicted octanol–water partition coefficient (Wildman–Crippen LogP) is 7.02. The zero-order chi connectivity index (χ0) is 31.1. The van der Waals surface area contributed by atoms with Crippen LogP contribution in [-0.4, -0.2) is 66.7 Å². The van der Waals surface area contributed by atoms with Crippen molar-refractivity contribution in [2.75, 3.05) is 55.7 Å². The zero-order valence-electron chi connectivity index (χ0n) is 26.1. The number of aromatic amines is 1. The zero-order valence-corrected chi connectivity index (χ0v) is 26.9. The van der Waals surface area contributed by atoms with Gasteiger partial charge in [0.2, 0.25) is 5.88 Å². The summed E-state index contributed by atoms with van der Waals surface area (Å²) in [5, 5.41) is 1.77. The fraction of sp³-hybridized carbons (Fsp3) is 0.389. The van der Waals surface area contributed by atoms with Crippen molar-refractivity contribution < 1.29 is 9.53 Å². The number of H-pyrrole nitrogens is 1. The fourth-order valence-electron chi connectivity index (χ4n) is 7.06. The Labute approximate surface area is 269 Å². The SMILES string of the molecule is CC1(C)CCC(CN2CCN(c3ccc(C(N)=O)c(N4CCCOc5nc6[nH]ccc6cc54)c3)CC2)=C(c2ccc(Cl)cc2)C1. The van der Waals surface area contributed by atoms with E-state index in [0.29, 0.717) is 30.0 Å². The van der Waals surface area contributed by atoms with E-state index in [1.807, 2.05) is 36.5 Å². The van der Waals surface area contributed by atoms with Crippen LogP contribution in [0.1, 0.15) is 55.5 Å². The third kappa shape index (κ3) is 6.14. The summed E-state index contributed by atoms with van der Waals surface area (Å²) in [6.07, 6.45) is 6.11. The van der Waals surface area contributed by atoms with Crippen molar-refractivity contribution in [3.05, 3.63) is 82.5 Å². The van der Waals surface area contributed by atoms with Crippen LogP contribution in [0.3, 0.4) is 0 Å². The standard InChI is InChI=1S/C36H41ClN6O2/c1-36(2)12-10-26(30(22-36)24-4-6-27(37)7-5-24)23-41-15-17-42(18-16-41)28-8-9-29(33(38)44)31(21-28)43-14-3-19-45-35-32(43)20-25-11-13-39-34(25)40-35/h4-9,11,13,20-21H,3,10,12,14-19,22-23H2,1-2H3,(H2,38,44)(H,39,40). The maximum atomic E-state index is 12.7. The number of halogens is 1. The molecule has 0 atom stereocenters. The Balaban J connectivity index is 1.12. The van der Waals surface area contributed by atoms with Gasteiger partial charge in [-0.2, -0.15) is 4.98 Å². The second kappa shape index (κ2) is 12.1. The molecule has 0 bridgehead atoms. The number of rotatable bonds is 6. The molecule has 0 spiro atoms. The molecule has 9 heteroatoms. The van der Waals surface area contributed by atoms with E-state index in [1.54, 1.807) is 5.57 Å². The molecule has 8 nitrogen and oxygen atoms in total. The summed E-state index contributed by atoms with van der Waals surface area (Å²) in [6.45, 7) is 10.8. The van der Waals surface area contributed by atoms with Gasteiger partial charge in [0.1, 0.15) is 11.3 Å². The van der Waals surface area contributed by atoms with Crippen LogP contribution >= 0.6 is 11.6 Å². The summed E-state index contributed by atoms with van der Waals surface area (Å²) in [6, 6.07) is 18.5. The van der Waals surface area contributed by atoms with Gasteiger partial charge in [0.15, 0.2) is 0 Å². The van der Waals surface area contributed by atoms with Crippen LogP contribution in [0.15, 0.2) is 66.4 Å². The monoisotopic (exact) mass is 624 g/mol. The number of piperazine rings is 1. The number of nitrogens with zero attached hydrogens (tertiary/aromatic N) is 4. The molecule has 1 aliphatic carbocycles. The van der Waals surface area contributed by atoms with E-state index < -0.39 is 5.91 Å². The molecule has 1 fully saturated rings. The first kappa shape index (κ1) is 29.7. The van der Waals surface area contributed by atoms with Crippen LogP contribution in [0.5, 0.6) is 5.88 Å². The van der Waals surface area contributed by atoms with E-state index in [2.05, 4.69) is 57.8 Å². The van der Waals surface area contributed by atoms with E-state index in [1.165, 1.54) is 17.6 Å². The van der Waals surface area contributed by atoms with Gasteiger partial charge in [0.25, 0.3) is 5.91 Å². The number of nitrogens with two attached hydrogens (primary N) is 1. The molecular weight excluding hydrogens is 584 g/mol. The number of anilines is 3. The third-order valence-electron chi connectivity index (χ3n) is 9.60. The van der Waals surface area contributed by atoms with Gasteiger partial charge in [0.05, 0.1) is 17.9 Å². The Hall–Kier alpha value is -4.01. The number of fused-ring (bicyclic) bond motifs is 2. The maximum Gasteiger partial charge on any atom is 0.250 e. The Morgan fingerprint density at radius 3 is 2.60 bits per heavy atom. The Morgan fingerprint density at radius 1 is 1.02 bits per heavy atom. The lowest BCUT2D eigenvalue weighted by Crippen LogP contribution is -2.47. The van der Waals surface area contributed by atoms with Crippen LogP contribution in [-0.2, 0) is 0 Å². The van der Waals surface area contributed by atoms with Gasteiger partial charge in [-0.3, -0.25) is 9.69 Å². The highest BCUT2D eigenvalue weighted by Gasteiger charge is 2.30. The molecule has 0 unspecified atom stereocenters. The minimum Gasteiger partial charge on any atom is -0.476 e. The number of pyridine rings is 1. The Bertz CT molecular complexity index is 1750. The molecule has 2 aromatic heterocycles.